The normalized spacial score (nSPS) is 11.8. The summed E-state index contributed by atoms with van der Waals surface area (Å²) in [6.45, 7) is 15.4. The van der Waals surface area contributed by atoms with E-state index in [1.165, 1.54) is 23.7 Å². The summed E-state index contributed by atoms with van der Waals surface area (Å²) in [6.07, 6.45) is 2.37. The average Bonchev–Trinajstić information content (AvgIpc) is 2.84. The van der Waals surface area contributed by atoms with Gasteiger partial charge < -0.3 is 10.2 Å². The number of rotatable bonds is 9. The van der Waals surface area contributed by atoms with E-state index in [2.05, 4.69) is 57.1 Å². The molecule has 1 aromatic rings. The van der Waals surface area contributed by atoms with Gasteiger partial charge in [-0.2, -0.15) is 0 Å². The number of aromatic nitrogens is 1. The zero-order valence-corrected chi connectivity index (χ0v) is 14.8. The predicted molar refractivity (Wildman–Crippen MR) is 90.6 cm³/mol. The van der Waals surface area contributed by atoms with Gasteiger partial charge in [-0.05, 0) is 18.8 Å². The SMILES string of the molecule is CCC(CC)N(CC(C)C)c1nc(CNC(C)C)cs1. The monoisotopic (exact) mass is 297 g/mol. The molecule has 0 saturated carbocycles. The van der Waals surface area contributed by atoms with Crippen LogP contribution in [0.15, 0.2) is 5.38 Å². The summed E-state index contributed by atoms with van der Waals surface area (Å²) in [6, 6.07) is 1.11. The molecule has 4 heteroatoms. The Kier molecular flexibility index (Phi) is 7.52. The van der Waals surface area contributed by atoms with E-state index in [0.29, 0.717) is 18.0 Å². The number of anilines is 1. The van der Waals surface area contributed by atoms with Gasteiger partial charge in [-0.1, -0.05) is 41.5 Å². The fourth-order valence-corrected chi connectivity index (χ4v) is 3.23. The van der Waals surface area contributed by atoms with Crippen LogP contribution < -0.4 is 10.2 Å². The molecule has 1 N–H and O–H groups in total. The van der Waals surface area contributed by atoms with Crippen molar-refractivity contribution in [1.82, 2.24) is 10.3 Å². The highest BCUT2D eigenvalue weighted by atomic mass is 32.1. The number of hydrogen-bond acceptors (Lipinski definition) is 4. The molecular formula is C16H31N3S. The van der Waals surface area contributed by atoms with Crippen LogP contribution in [0, 0.1) is 5.92 Å². The van der Waals surface area contributed by atoms with Crippen LogP contribution in [-0.4, -0.2) is 23.6 Å². The number of nitrogens with one attached hydrogen (secondary N) is 1. The third-order valence-corrected chi connectivity index (χ3v) is 4.35. The van der Waals surface area contributed by atoms with Gasteiger partial charge in [0.1, 0.15) is 0 Å². The van der Waals surface area contributed by atoms with E-state index < -0.39 is 0 Å². The van der Waals surface area contributed by atoms with E-state index in [1.807, 2.05) is 0 Å². The molecule has 0 atom stereocenters. The summed E-state index contributed by atoms with van der Waals surface area (Å²) < 4.78 is 0. The van der Waals surface area contributed by atoms with E-state index in [0.717, 1.165) is 13.1 Å². The Hall–Kier alpha value is -0.610. The van der Waals surface area contributed by atoms with E-state index in [1.54, 1.807) is 11.3 Å². The quantitative estimate of drug-likeness (QED) is 0.737. The number of hydrogen-bond donors (Lipinski definition) is 1. The summed E-state index contributed by atoms with van der Waals surface area (Å²) in [5.41, 5.74) is 1.17. The molecular weight excluding hydrogens is 266 g/mol. The van der Waals surface area contributed by atoms with Crippen LogP contribution in [0.3, 0.4) is 0 Å². The van der Waals surface area contributed by atoms with Crippen molar-refractivity contribution < 1.29 is 0 Å². The van der Waals surface area contributed by atoms with Gasteiger partial charge in [0.15, 0.2) is 5.13 Å². The van der Waals surface area contributed by atoms with Crippen molar-refractivity contribution in [3.63, 3.8) is 0 Å². The summed E-state index contributed by atoms with van der Waals surface area (Å²) >= 11 is 1.79. The molecule has 0 radical (unpaired) electrons. The van der Waals surface area contributed by atoms with Gasteiger partial charge in [-0.3, -0.25) is 0 Å². The van der Waals surface area contributed by atoms with E-state index in [-0.39, 0.29) is 0 Å². The van der Waals surface area contributed by atoms with Gasteiger partial charge in [0.05, 0.1) is 5.69 Å². The van der Waals surface area contributed by atoms with Gasteiger partial charge in [-0.25, -0.2) is 4.98 Å². The van der Waals surface area contributed by atoms with Crippen molar-refractivity contribution in [3.8, 4) is 0 Å². The minimum Gasteiger partial charge on any atom is -0.345 e. The van der Waals surface area contributed by atoms with Crippen molar-refractivity contribution in [2.75, 3.05) is 11.4 Å². The second-order valence-electron chi connectivity index (χ2n) is 6.17. The molecule has 0 unspecified atom stereocenters. The zero-order valence-electron chi connectivity index (χ0n) is 13.9. The molecule has 0 aliphatic rings. The Labute approximate surface area is 128 Å². The summed E-state index contributed by atoms with van der Waals surface area (Å²) in [5, 5.41) is 6.82. The Balaban J connectivity index is 2.79. The maximum absolute atomic E-state index is 4.83. The van der Waals surface area contributed by atoms with Crippen molar-refractivity contribution in [2.24, 2.45) is 5.92 Å². The van der Waals surface area contributed by atoms with Crippen LogP contribution in [0.2, 0.25) is 0 Å². The minimum atomic E-state index is 0.506. The zero-order chi connectivity index (χ0) is 15.1. The first-order chi connectivity index (χ1) is 9.47. The van der Waals surface area contributed by atoms with Crippen LogP contribution >= 0.6 is 11.3 Å². The van der Waals surface area contributed by atoms with E-state index in [9.17, 15) is 0 Å². The molecule has 0 aromatic carbocycles. The highest BCUT2D eigenvalue weighted by Gasteiger charge is 2.19. The lowest BCUT2D eigenvalue weighted by molar-refractivity contribution is 0.505. The van der Waals surface area contributed by atoms with Gasteiger partial charge in [0.2, 0.25) is 0 Å². The van der Waals surface area contributed by atoms with Crippen LogP contribution in [0.4, 0.5) is 5.13 Å². The summed E-state index contributed by atoms with van der Waals surface area (Å²) in [5.74, 6) is 0.664. The first kappa shape index (κ1) is 17.4. The smallest absolute Gasteiger partial charge is 0.185 e. The van der Waals surface area contributed by atoms with Crippen molar-refractivity contribution in [3.05, 3.63) is 11.1 Å². The first-order valence-corrected chi connectivity index (χ1v) is 8.80. The van der Waals surface area contributed by atoms with Crippen LogP contribution in [0.1, 0.15) is 60.1 Å². The lowest BCUT2D eigenvalue weighted by Gasteiger charge is -2.31. The third kappa shape index (κ3) is 5.41. The van der Waals surface area contributed by atoms with Gasteiger partial charge in [0.25, 0.3) is 0 Å². The molecule has 0 aliphatic carbocycles. The van der Waals surface area contributed by atoms with Crippen molar-refractivity contribution in [2.45, 2.75) is 73.0 Å². The lowest BCUT2D eigenvalue weighted by Crippen LogP contribution is -2.37. The largest absolute Gasteiger partial charge is 0.345 e. The molecule has 0 amide bonds. The minimum absolute atomic E-state index is 0.506. The van der Waals surface area contributed by atoms with Gasteiger partial charge in [0, 0.05) is 30.6 Å². The molecule has 20 heavy (non-hydrogen) atoms. The van der Waals surface area contributed by atoms with Gasteiger partial charge in [-0.15, -0.1) is 11.3 Å². The highest BCUT2D eigenvalue weighted by Crippen LogP contribution is 2.26. The molecule has 1 aromatic heterocycles. The van der Waals surface area contributed by atoms with E-state index >= 15 is 0 Å². The molecule has 3 nitrogen and oxygen atoms in total. The molecule has 0 fully saturated rings. The van der Waals surface area contributed by atoms with Crippen molar-refractivity contribution in [1.29, 1.82) is 0 Å². The second kappa shape index (κ2) is 8.63. The average molecular weight is 298 g/mol. The van der Waals surface area contributed by atoms with Gasteiger partial charge >= 0.3 is 0 Å². The second-order valence-corrected chi connectivity index (χ2v) is 7.01. The Bertz CT molecular complexity index is 370. The molecule has 1 heterocycles. The standard InChI is InChI=1S/C16H31N3S/c1-7-15(8-2)19(10-12(3)4)16-18-14(11-20-16)9-17-13(5)6/h11-13,15,17H,7-10H2,1-6H3. The fraction of sp³-hybridized carbons (Fsp3) is 0.812. The fourth-order valence-electron chi connectivity index (χ4n) is 2.32. The van der Waals surface area contributed by atoms with Crippen LogP contribution in [0.5, 0.6) is 0 Å². The topological polar surface area (TPSA) is 28.2 Å². The molecule has 116 valence electrons. The maximum Gasteiger partial charge on any atom is 0.185 e. The predicted octanol–water partition coefficient (Wildman–Crippen LogP) is 4.29. The van der Waals surface area contributed by atoms with Crippen LogP contribution in [0.25, 0.3) is 0 Å². The Morgan fingerprint density at radius 2 is 1.85 bits per heavy atom. The molecule has 0 aliphatic heterocycles. The number of nitrogens with zero attached hydrogens (tertiary/aromatic N) is 2. The Morgan fingerprint density at radius 1 is 1.20 bits per heavy atom. The molecule has 1 rings (SSSR count). The van der Waals surface area contributed by atoms with Crippen molar-refractivity contribution >= 4 is 16.5 Å². The Morgan fingerprint density at radius 3 is 2.35 bits per heavy atom. The van der Waals surface area contributed by atoms with E-state index in [4.69, 9.17) is 4.98 Å². The molecule has 0 saturated heterocycles. The highest BCUT2D eigenvalue weighted by molar-refractivity contribution is 7.13. The molecule has 0 spiro atoms. The maximum atomic E-state index is 4.83. The summed E-state index contributed by atoms with van der Waals surface area (Å²) in [7, 11) is 0. The lowest BCUT2D eigenvalue weighted by atomic mass is 10.1. The molecule has 0 bridgehead atoms. The summed E-state index contributed by atoms with van der Waals surface area (Å²) in [4.78, 5) is 7.34. The first-order valence-electron chi connectivity index (χ1n) is 7.92. The van der Waals surface area contributed by atoms with Crippen LogP contribution in [-0.2, 0) is 6.54 Å². The third-order valence-electron chi connectivity index (χ3n) is 3.42. The number of thiazole rings is 1.